The Hall–Kier alpha value is -0.370. The van der Waals surface area contributed by atoms with Crippen LogP contribution in [-0.2, 0) is 0 Å². The van der Waals surface area contributed by atoms with Crippen LogP contribution < -0.4 is 0 Å². The van der Waals surface area contributed by atoms with E-state index in [4.69, 9.17) is 5.11 Å². The van der Waals surface area contributed by atoms with Gasteiger partial charge < -0.3 is 5.11 Å². The normalized spacial score (nSPS) is 29.8. The molecular weight excluding hydrogens is 126 g/mol. The van der Waals surface area contributed by atoms with Gasteiger partial charge in [0.15, 0.2) is 0 Å². The molecule has 1 aliphatic carbocycles. The maximum atomic E-state index is 8.51. The Morgan fingerprint density at radius 3 is 3.00 bits per heavy atom. The van der Waals surface area contributed by atoms with Crippen LogP contribution in [0.1, 0.15) is 26.2 Å². The van der Waals surface area contributed by atoms with E-state index < -0.39 is 0 Å². The molecule has 0 aliphatic heterocycles. The third kappa shape index (κ3) is 1.81. The van der Waals surface area contributed by atoms with E-state index in [0.717, 1.165) is 6.42 Å². The van der Waals surface area contributed by atoms with Gasteiger partial charge in [-0.15, -0.1) is 0 Å². The molecule has 0 aromatic carbocycles. The Bertz CT molecular complexity index is 131. The van der Waals surface area contributed by atoms with Crippen molar-refractivity contribution >= 4 is 5.71 Å². The van der Waals surface area contributed by atoms with Crippen molar-refractivity contribution in [2.45, 2.75) is 26.2 Å². The van der Waals surface area contributed by atoms with Crippen molar-refractivity contribution in [1.82, 2.24) is 0 Å². The Morgan fingerprint density at radius 2 is 2.50 bits per heavy atom. The third-order valence-corrected chi connectivity index (χ3v) is 2.05. The zero-order valence-electron chi connectivity index (χ0n) is 6.51. The van der Waals surface area contributed by atoms with Gasteiger partial charge in [0, 0.05) is 5.71 Å². The molecular formula is C8H15NO. The highest BCUT2D eigenvalue weighted by molar-refractivity contribution is 5.88. The van der Waals surface area contributed by atoms with Gasteiger partial charge in [0.2, 0.25) is 0 Å². The van der Waals surface area contributed by atoms with Gasteiger partial charge >= 0.3 is 0 Å². The van der Waals surface area contributed by atoms with Gasteiger partial charge in [-0.3, -0.25) is 4.99 Å². The van der Waals surface area contributed by atoms with Gasteiger partial charge in [0.1, 0.15) is 0 Å². The molecule has 1 unspecified atom stereocenters. The zero-order valence-corrected chi connectivity index (χ0v) is 6.51. The Balaban J connectivity index is 2.38. The van der Waals surface area contributed by atoms with Crippen LogP contribution in [-0.4, -0.2) is 24.0 Å². The summed E-state index contributed by atoms with van der Waals surface area (Å²) < 4.78 is 0. The number of rotatable bonds is 2. The highest BCUT2D eigenvalue weighted by Gasteiger charge is 2.16. The third-order valence-electron chi connectivity index (χ3n) is 2.05. The van der Waals surface area contributed by atoms with E-state index >= 15 is 0 Å². The number of aliphatic hydroxyl groups is 1. The lowest BCUT2D eigenvalue weighted by atomic mass is 10.1. The lowest BCUT2D eigenvalue weighted by Gasteiger charge is -2.01. The van der Waals surface area contributed by atoms with Crippen LogP contribution in [0.3, 0.4) is 0 Å². The summed E-state index contributed by atoms with van der Waals surface area (Å²) in [6, 6.07) is 0. The highest BCUT2D eigenvalue weighted by Crippen LogP contribution is 2.21. The van der Waals surface area contributed by atoms with Crippen LogP contribution in [0.4, 0.5) is 0 Å². The first-order valence-corrected chi connectivity index (χ1v) is 3.98. The summed E-state index contributed by atoms with van der Waals surface area (Å²) in [5, 5.41) is 8.51. The largest absolute Gasteiger partial charge is 0.394 e. The van der Waals surface area contributed by atoms with Crippen LogP contribution in [0.5, 0.6) is 0 Å². The van der Waals surface area contributed by atoms with Gasteiger partial charge in [-0.05, 0) is 25.2 Å². The average Bonchev–Trinajstić information content (AvgIpc) is 2.31. The second kappa shape index (κ2) is 3.71. The zero-order chi connectivity index (χ0) is 7.40. The molecule has 58 valence electrons. The molecule has 1 saturated carbocycles. The summed E-state index contributed by atoms with van der Waals surface area (Å²) in [4.78, 5) is 4.29. The number of aliphatic imine (C=N–C) groups is 1. The van der Waals surface area contributed by atoms with Crippen molar-refractivity contribution in [2.75, 3.05) is 13.2 Å². The predicted molar refractivity (Wildman–Crippen MR) is 42.4 cm³/mol. The molecule has 2 heteroatoms. The van der Waals surface area contributed by atoms with Crippen molar-refractivity contribution in [3.05, 3.63) is 0 Å². The summed E-state index contributed by atoms with van der Waals surface area (Å²) in [5.74, 6) is 0.673. The van der Waals surface area contributed by atoms with E-state index in [1.54, 1.807) is 0 Å². The van der Waals surface area contributed by atoms with Crippen LogP contribution >= 0.6 is 0 Å². The Labute approximate surface area is 62.0 Å². The molecule has 0 bridgehead atoms. The minimum atomic E-state index is 0.191. The summed E-state index contributed by atoms with van der Waals surface area (Å²) >= 11 is 0. The van der Waals surface area contributed by atoms with E-state index in [9.17, 15) is 0 Å². The quantitative estimate of drug-likeness (QED) is 0.616. The topological polar surface area (TPSA) is 32.6 Å². The van der Waals surface area contributed by atoms with Crippen molar-refractivity contribution in [1.29, 1.82) is 0 Å². The molecule has 10 heavy (non-hydrogen) atoms. The summed E-state index contributed by atoms with van der Waals surface area (Å²) in [5.41, 5.74) is 1.31. The van der Waals surface area contributed by atoms with E-state index in [1.165, 1.54) is 18.6 Å². The fraction of sp³-hybridized carbons (Fsp3) is 0.875. The van der Waals surface area contributed by atoms with Crippen LogP contribution in [0, 0.1) is 5.92 Å². The molecule has 1 atom stereocenters. The first-order chi connectivity index (χ1) is 4.84. The smallest absolute Gasteiger partial charge is 0.0626 e. The highest BCUT2D eigenvalue weighted by atomic mass is 16.3. The molecule has 1 rings (SSSR count). The first-order valence-electron chi connectivity index (χ1n) is 3.98. The minimum absolute atomic E-state index is 0.191. The predicted octanol–water partition coefficient (Wildman–Crippen LogP) is 1.24. The van der Waals surface area contributed by atoms with E-state index in [1.807, 2.05) is 0 Å². The van der Waals surface area contributed by atoms with Crippen LogP contribution in [0.25, 0.3) is 0 Å². The monoisotopic (exact) mass is 141 g/mol. The molecule has 0 aromatic rings. The lowest BCUT2D eigenvalue weighted by molar-refractivity contribution is 0.306. The minimum Gasteiger partial charge on any atom is -0.394 e. The number of hydrogen-bond acceptors (Lipinski definition) is 2. The van der Waals surface area contributed by atoms with Gasteiger partial charge in [-0.1, -0.05) is 6.92 Å². The van der Waals surface area contributed by atoms with Gasteiger partial charge in [0.25, 0.3) is 0 Å². The standard InChI is InChI=1S/C8H15NO/c1-7-3-2-4-8(7)9-5-6-10/h7,10H,2-6H2,1H3. The van der Waals surface area contributed by atoms with Crippen molar-refractivity contribution in [2.24, 2.45) is 10.9 Å². The molecule has 0 saturated heterocycles. The van der Waals surface area contributed by atoms with E-state index in [2.05, 4.69) is 11.9 Å². The second-order valence-electron chi connectivity index (χ2n) is 2.89. The summed E-state index contributed by atoms with van der Waals surface area (Å²) in [6.07, 6.45) is 3.72. The average molecular weight is 141 g/mol. The maximum Gasteiger partial charge on any atom is 0.0626 e. The Kier molecular flexibility index (Phi) is 2.87. The molecule has 0 aromatic heterocycles. The SMILES string of the molecule is CC1CCCC1=NCCO. The van der Waals surface area contributed by atoms with Crippen molar-refractivity contribution in [3.63, 3.8) is 0 Å². The van der Waals surface area contributed by atoms with Crippen LogP contribution in [0.2, 0.25) is 0 Å². The lowest BCUT2D eigenvalue weighted by Crippen LogP contribution is -2.03. The summed E-state index contributed by atoms with van der Waals surface area (Å²) in [7, 11) is 0. The van der Waals surface area contributed by atoms with Gasteiger partial charge in [-0.25, -0.2) is 0 Å². The molecule has 0 spiro atoms. The second-order valence-corrected chi connectivity index (χ2v) is 2.89. The van der Waals surface area contributed by atoms with Gasteiger partial charge in [-0.2, -0.15) is 0 Å². The molecule has 0 radical (unpaired) electrons. The van der Waals surface area contributed by atoms with E-state index in [-0.39, 0.29) is 6.61 Å². The van der Waals surface area contributed by atoms with Crippen molar-refractivity contribution < 1.29 is 5.11 Å². The molecule has 0 heterocycles. The van der Waals surface area contributed by atoms with Crippen molar-refractivity contribution in [3.8, 4) is 0 Å². The fourth-order valence-electron chi connectivity index (χ4n) is 1.43. The first kappa shape index (κ1) is 7.73. The maximum absolute atomic E-state index is 8.51. The number of hydrogen-bond donors (Lipinski definition) is 1. The van der Waals surface area contributed by atoms with Crippen LogP contribution in [0.15, 0.2) is 4.99 Å². The molecule has 0 amide bonds. The van der Waals surface area contributed by atoms with Gasteiger partial charge in [0.05, 0.1) is 13.2 Å². The summed E-state index contributed by atoms with van der Waals surface area (Å²) in [6.45, 7) is 3.00. The number of aliphatic hydroxyl groups excluding tert-OH is 1. The molecule has 1 aliphatic rings. The number of nitrogens with zero attached hydrogens (tertiary/aromatic N) is 1. The fourth-order valence-corrected chi connectivity index (χ4v) is 1.43. The Morgan fingerprint density at radius 1 is 1.70 bits per heavy atom. The molecule has 1 fully saturated rings. The van der Waals surface area contributed by atoms with E-state index in [0.29, 0.717) is 12.5 Å². The molecule has 1 N–H and O–H groups in total. The molecule has 2 nitrogen and oxygen atoms in total.